The van der Waals surface area contributed by atoms with Gasteiger partial charge >= 0.3 is 0 Å². The summed E-state index contributed by atoms with van der Waals surface area (Å²) in [6.45, 7) is 3.60. The normalized spacial score (nSPS) is 24.6. The van der Waals surface area contributed by atoms with Crippen LogP contribution in [0.4, 0.5) is 5.69 Å². The van der Waals surface area contributed by atoms with Crippen molar-refractivity contribution in [1.82, 2.24) is 0 Å². The number of fused-ring (bicyclic) bond motifs is 1. The third-order valence-electron chi connectivity index (χ3n) is 3.49. The summed E-state index contributed by atoms with van der Waals surface area (Å²) in [5.74, 6) is -0.174. The molecule has 84 valence electrons. The summed E-state index contributed by atoms with van der Waals surface area (Å²) >= 11 is 0. The number of hydrogen-bond acceptors (Lipinski definition) is 2. The number of anilines is 1. The van der Waals surface area contributed by atoms with Gasteiger partial charge in [0.1, 0.15) is 5.41 Å². The second kappa shape index (κ2) is 3.44. The van der Waals surface area contributed by atoms with Crippen molar-refractivity contribution in [3.63, 3.8) is 0 Å². The van der Waals surface area contributed by atoms with Gasteiger partial charge < -0.3 is 4.90 Å². The van der Waals surface area contributed by atoms with Gasteiger partial charge in [0.15, 0.2) is 5.78 Å². The van der Waals surface area contributed by atoms with Crippen molar-refractivity contribution in [2.24, 2.45) is 5.41 Å². The molecule has 0 fully saturated rings. The van der Waals surface area contributed by atoms with E-state index in [0.717, 1.165) is 0 Å². The predicted octanol–water partition coefficient (Wildman–Crippen LogP) is 2.26. The molecule has 1 aliphatic rings. The first kappa shape index (κ1) is 10.9. The molecule has 0 N–H and O–H groups in total. The number of para-hydroxylation sites is 1. The van der Waals surface area contributed by atoms with Crippen LogP contribution in [0.15, 0.2) is 24.3 Å². The molecule has 0 aliphatic carbocycles. The van der Waals surface area contributed by atoms with E-state index in [9.17, 15) is 9.59 Å². The minimum Gasteiger partial charge on any atom is -0.314 e. The summed E-state index contributed by atoms with van der Waals surface area (Å²) in [5, 5.41) is 0. The summed E-state index contributed by atoms with van der Waals surface area (Å²) in [5.41, 5.74) is 0.459. The summed E-state index contributed by atoms with van der Waals surface area (Å²) in [6.07, 6.45) is 0.531. The van der Waals surface area contributed by atoms with E-state index in [-0.39, 0.29) is 11.7 Å². The molecule has 0 spiro atoms. The Labute approximate surface area is 95.1 Å². The standard InChI is InChI=1S/C13H15NO2/c1-4-13(2)11(15)9-7-5-6-8-10(9)14(3)12(13)16/h5-8H,4H2,1-3H3. The number of benzene rings is 1. The van der Waals surface area contributed by atoms with Crippen molar-refractivity contribution < 1.29 is 9.59 Å². The van der Waals surface area contributed by atoms with Crippen LogP contribution >= 0.6 is 0 Å². The summed E-state index contributed by atoms with van der Waals surface area (Å²) in [6, 6.07) is 7.26. The fraction of sp³-hybridized carbons (Fsp3) is 0.385. The summed E-state index contributed by atoms with van der Waals surface area (Å²) in [7, 11) is 1.72. The molecule has 3 nitrogen and oxygen atoms in total. The molecule has 1 aromatic carbocycles. The summed E-state index contributed by atoms with van der Waals surface area (Å²) < 4.78 is 0. The van der Waals surface area contributed by atoms with Crippen molar-refractivity contribution in [1.29, 1.82) is 0 Å². The molecule has 1 atom stereocenters. The van der Waals surface area contributed by atoms with Crippen LogP contribution in [0.5, 0.6) is 0 Å². The number of amides is 1. The summed E-state index contributed by atoms with van der Waals surface area (Å²) in [4.78, 5) is 26.0. The molecule has 16 heavy (non-hydrogen) atoms. The lowest BCUT2D eigenvalue weighted by molar-refractivity contribution is -0.125. The smallest absolute Gasteiger partial charge is 0.240 e. The average Bonchev–Trinajstić information content (AvgIpc) is 2.33. The Morgan fingerprint density at radius 1 is 1.25 bits per heavy atom. The monoisotopic (exact) mass is 217 g/mol. The fourth-order valence-corrected chi connectivity index (χ4v) is 2.14. The van der Waals surface area contributed by atoms with Crippen molar-refractivity contribution in [2.75, 3.05) is 11.9 Å². The van der Waals surface area contributed by atoms with Crippen LogP contribution in [0, 0.1) is 5.41 Å². The van der Waals surface area contributed by atoms with Crippen LogP contribution in [0.2, 0.25) is 0 Å². The number of carbonyl (C=O) groups excluding carboxylic acids is 2. The second-order valence-electron chi connectivity index (χ2n) is 4.40. The first-order chi connectivity index (χ1) is 7.52. The van der Waals surface area contributed by atoms with Gasteiger partial charge in [-0.3, -0.25) is 9.59 Å². The molecule has 3 heteroatoms. The minimum absolute atomic E-state index is 0.0614. The zero-order valence-electron chi connectivity index (χ0n) is 9.78. The van der Waals surface area contributed by atoms with Gasteiger partial charge in [0.05, 0.1) is 5.69 Å². The Morgan fingerprint density at radius 2 is 1.88 bits per heavy atom. The molecule has 0 bridgehead atoms. The molecular weight excluding hydrogens is 202 g/mol. The van der Waals surface area contributed by atoms with E-state index in [0.29, 0.717) is 17.7 Å². The van der Waals surface area contributed by atoms with Crippen molar-refractivity contribution >= 4 is 17.4 Å². The van der Waals surface area contributed by atoms with E-state index in [1.165, 1.54) is 0 Å². The topological polar surface area (TPSA) is 37.4 Å². The molecule has 0 radical (unpaired) electrons. The van der Waals surface area contributed by atoms with Crippen LogP contribution < -0.4 is 4.90 Å². The number of carbonyl (C=O) groups is 2. The highest BCUT2D eigenvalue weighted by atomic mass is 16.2. The Hall–Kier alpha value is -1.64. The van der Waals surface area contributed by atoms with E-state index >= 15 is 0 Å². The molecule has 1 heterocycles. The maximum absolute atomic E-state index is 12.3. The van der Waals surface area contributed by atoms with Gasteiger partial charge in [-0.25, -0.2) is 0 Å². The van der Waals surface area contributed by atoms with Gasteiger partial charge in [0.2, 0.25) is 5.91 Å². The lowest BCUT2D eigenvalue weighted by atomic mass is 9.75. The zero-order chi connectivity index (χ0) is 11.9. The first-order valence-electron chi connectivity index (χ1n) is 5.44. The molecule has 0 saturated carbocycles. The Kier molecular flexibility index (Phi) is 2.34. The van der Waals surface area contributed by atoms with Gasteiger partial charge in [-0.05, 0) is 25.5 Å². The molecule has 2 rings (SSSR count). The maximum atomic E-state index is 12.3. The van der Waals surface area contributed by atoms with Gasteiger partial charge in [0.25, 0.3) is 0 Å². The van der Waals surface area contributed by atoms with Crippen molar-refractivity contribution in [3.8, 4) is 0 Å². The SMILES string of the molecule is CCC1(C)C(=O)c2ccccc2N(C)C1=O. The largest absolute Gasteiger partial charge is 0.314 e. The van der Waals surface area contributed by atoms with Gasteiger partial charge in [-0.1, -0.05) is 19.1 Å². The van der Waals surface area contributed by atoms with Crippen LogP contribution in [-0.4, -0.2) is 18.7 Å². The highest BCUT2D eigenvalue weighted by Crippen LogP contribution is 2.38. The van der Waals surface area contributed by atoms with Gasteiger partial charge in [-0.15, -0.1) is 0 Å². The van der Waals surface area contributed by atoms with E-state index in [2.05, 4.69) is 0 Å². The van der Waals surface area contributed by atoms with Crippen LogP contribution in [-0.2, 0) is 4.79 Å². The number of ketones is 1. The second-order valence-corrected chi connectivity index (χ2v) is 4.40. The van der Waals surface area contributed by atoms with E-state index < -0.39 is 5.41 Å². The van der Waals surface area contributed by atoms with Crippen molar-refractivity contribution in [2.45, 2.75) is 20.3 Å². The number of Topliss-reactive ketones (excluding diaryl/α,β-unsaturated/α-hetero) is 1. The minimum atomic E-state index is -0.900. The molecule has 0 saturated heterocycles. The average molecular weight is 217 g/mol. The third kappa shape index (κ3) is 1.21. The molecule has 1 aliphatic heterocycles. The van der Waals surface area contributed by atoms with E-state index in [1.54, 1.807) is 31.0 Å². The highest BCUT2D eigenvalue weighted by molar-refractivity contribution is 6.24. The first-order valence-corrected chi connectivity index (χ1v) is 5.44. The Bertz CT molecular complexity index is 467. The Morgan fingerprint density at radius 3 is 2.50 bits per heavy atom. The predicted molar refractivity (Wildman–Crippen MR) is 62.6 cm³/mol. The van der Waals surface area contributed by atoms with Gasteiger partial charge in [0, 0.05) is 12.6 Å². The quantitative estimate of drug-likeness (QED) is 0.677. The van der Waals surface area contributed by atoms with Crippen LogP contribution in [0.25, 0.3) is 0 Å². The molecule has 1 unspecified atom stereocenters. The molecule has 0 aromatic heterocycles. The van der Waals surface area contributed by atoms with Crippen LogP contribution in [0.3, 0.4) is 0 Å². The lowest BCUT2D eigenvalue weighted by Gasteiger charge is -2.36. The molecule has 1 aromatic rings. The highest BCUT2D eigenvalue weighted by Gasteiger charge is 2.46. The van der Waals surface area contributed by atoms with E-state index in [4.69, 9.17) is 0 Å². The van der Waals surface area contributed by atoms with Crippen molar-refractivity contribution in [3.05, 3.63) is 29.8 Å². The third-order valence-corrected chi connectivity index (χ3v) is 3.49. The van der Waals surface area contributed by atoms with E-state index in [1.807, 2.05) is 19.1 Å². The molecular formula is C13H15NO2. The Balaban J connectivity index is 2.66. The fourth-order valence-electron chi connectivity index (χ4n) is 2.14. The number of hydrogen-bond donors (Lipinski definition) is 0. The zero-order valence-corrected chi connectivity index (χ0v) is 9.78. The number of nitrogens with zero attached hydrogens (tertiary/aromatic N) is 1. The molecule has 1 amide bonds. The van der Waals surface area contributed by atoms with Gasteiger partial charge in [-0.2, -0.15) is 0 Å². The van der Waals surface area contributed by atoms with Crippen LogP contribution in [0.1, 0.15) is 30.6 Å². The lowest BCUT2D eigenvalue weighted by Crippen LogP contribution is -2.49. The number of rotatable bonds is 1. The maximum Gasteiger partial charge on any atom is 0.240 e.